The van der Waals surface area contributed by atoms with Crippen molar-refractivity contribution in [3.8, 4) is 0 Å². The molecular weight excluding hydrogens is 260 g/mol. The third kappa shape index (κ3) is 2.71. The zero-order valence-electron chi connectivity index (χ0n) is 8.52. The Labute approximate surface area is 95.4 Å². The van der Waals surface area contributed by atoms with Crippen molar-refractivity contribution in [2.45, 2.75) is 18.1 Å². The van der Waals surface area contributed by atoms with Crippen molar-refractivity contribution in [2.24, 2.45) is 5.92 Å². The second-order valence-corrected chi connectivity index (χ2v) is 4.98. The van der Waals surface area contributed by atoms with E-state index in [9.17, 15) is 22.8 Å². The van der Waals surface area contributed by atoms with Gasteiger partial charge in [0.05, 0.1) is 12.3 Å². The van der Waals surface area contributed by atoms with E-state index in [0.29, 0.717) is 6.92 Å². The van der Waals surface area contributed by atoms with Gasteiger partial charge in [-0.3, -0.25) is 18.9 Å². The first-order valence-corrected chi connectivity index (χ1v) is 5.56. The van der Waals surface area contributed by atoms with Crippen molar-refractivity contribution in [3.63, 3.8) is 0 Å². The molecule has 0 aliphatic carbocycles. The highest BCUT2D eigenvalue weighted by atomic mass is 32.2. The Morgan fingerprint density at radius 2 is 1.59 bits per heavy atom. The van der Waals surface area contributed by atoms with Crippen molar-refractivity contribution < 1.29 is 42.7 Å². The van der Waals surface area contributed by atoms with Crippen molar-refractivity contribution in [2.75, 3.05) is 0 Å². The van der Waals surface area contributed by atoms with Crippen molar-refractivity contribution in [3.05, 3.63) is 0 Å². The molecule has 98 valence electrons. The van der Waals surface area contributed by atoms with Crippen LogP contribution in [0.1, 0.15) is 13.3 Å². The van der Waals surface area contributed by atoms with Crippen molar-refractivity contribution in [1.82, 2.24) is 0 Å². The monoisotopic (exact) mass is 270 g/mol. The fraction of sp³-hybridized carbons (Fsp3) is 0.571. The van der Waals surface area contributed by atoms with E-state index in [2.05, 4.69) is 0 Å². The van der Waals surface area contributed by atoms with Crippen LogP contribution < -0.4 is 0 Å². The third-order valence-electron chi connectivity index (χ3n) is 2.31. The summed E-state index contributed by atoms with van der Waals surface area (Å²) in [4.78, 5) is 32.0. The van der Waals surface area contributed by atoms with Gasteiger partial charge in [0.25, 0.3) is 10.1 Å². The number of aliphatic carboxylic acids is 3. The van der Waals surface area contributed by atoms with Crippen LogP contribution in [0.2, 0.25) is 0 Å². The molecule has 2 unspecified atom stereocenters. The first-order chi connectivity index (χ1) is 7.46. The second-order valence-electron chi connectivity index (χ2n) is 3.30. The van der Waals surface area contributed by atoms with Crippen LogP contribution in [0.15, 0.2) is 0 Å². The number of hydrogen-bond acceptors (Lipinski definition) is 5. The summed E-state index contributed by atoms with van der Waals surface area (Å²) in [7, 11) is -5.43. The van der Waals surface area contributed by atoms with Gasteiger partial charge in [0.15, 0.2) is 0 Å². The Hall–Kier alpha value is -1.68. The van der Waals surface area contributed by atoms with E-state index in [0.717, 1.165) is 0 Å². The molecule has 0 aliphatic heterocycles. The van der Waals surface area contributed by atoms with E-state index in [1.165, 1.54) is 0 Å². The minimum Gasteiger partial charge on any atom is -0.481 e. The Kier molecular flexibility index (Phi) is 4.21. The molecule has 4 N–H and O–H groups in total. The minimum atomic E-state index is -5.43. The molecule has 0 rings (SSSR count). The van der Waals surface area contributed by atoms with E-state index in [4.69, 9.17) is 19.9 Å². The normalized spacial score (nSPS) is 16.8. The first kappa shape index (κ1) is 15.3. The van der Waals surface area contributed by atoms with Crippen molar-refractivity contribution >= 4 is 28.0 Å². The van der Waals surface area contributed by atoms with Gasteiger partial charge in [0.1, 0.15) is 0 Å². The summed E-state index contributed by atoms with van der Waals surface area (Å²) in [6.07, 6.45) is -1.56. The Morgan fingerprint density at radius 1 is 1.18 bits per heavy atom. The summed E-state index contributed by atoms with van der Waals surface area (Å²) in [5, 5.41) is 25.8. The quantitative estimate of drug-likeness (QED) is 0.437. The molecule has 0 aromatic carbocycles. The topological polar surface area (TPSA) is 166 Å². The molecule has 0 bridgehead atoms. The molecule has 0 spiro atoms. The number of rotatable bonds is 6. The average Bonchev–Trinajstić information content (AvgIpc) is 2.09. The maximum Gasteiger partial charge on any atom is 0.329 e. The van der Waals surface area contributed by atoms with Gasteiger partial charge in [-0.05, 0) is 6.92 Å². The predicted octanol–water partition coefficient (Wildman–Crippen LogP) is -1.11. The fourth-order valence-electron chi connectivity index (χ4n) is 1.26. The van der Waals surface area contributed by atoms with Gasteiger partial charge in [-0.1, -0.05) is 0 Å². The summed E-state index contributed by atoms with van der Waals surface area (Å²) in [6, 6.07) is 0. The molecule has 0 heterocycles. The standard InChI is InChI=1S/C7H10O9S/c1-3(5(10)11)7(6(12)13,2-4(8)9)17(14,15)16/h3H,2H2,1H3,(H,8,9)(H,10,11)(H,12,13)(H,14,15,16). The lowest BCUT2D eigenvalue weighted by atomic mass is 9.90. The van der Waals surface area contributed by atoms with Crippen LogP contribution >= 0.6 is 0 Å². The van der Waals surface area contributed by atoms with Crippen LogP contribution in [0.4, 0.5) is 0 Å². The molecule has 17 heavy (non-hydrogen) atoms. The van der Waals surface area contributed by atoms with E-state index in [-0.39, 0.29) is 0 Å². The summed E-state index contributed by atoms with van der Waals surface area (Å²) in [5.74, 6) is -8.09. The number of carboxylic acid groups (broad SMARTS) is 3. The molecule has 0 aromatic heterocycles. The lowest BCUT2D eigenvalue weighted by Crippen LogP contribution is -2.55. The predicted molar refractivity (Wildman–Crippen MR) is 51.0 cm³/mol. The van der Waals surface area contributed by atoms with Gasteiger partial charge in [-0.2, -0.15) is 8.42 Å². The van der Waals surface area contributed by atoms with Crippen molar-refractivity contribution in [1.29, 1.82) is 0 Å². The highest BCUT2D eigenvalue weighted by molar-refractivity contribution is 7.88. The average molecular weight is 270 g/mol. The number of hydrogen-bond donors (Lipinski definition) is 4. The van der Waals surface area contributed by atoms with Crippen LogP contribution in [0, 0.1) is 5.92 Å². The lowest BCUT2D eigenvalue weighted by molar-refractivity contribution is -0.154. The molecule has 0 saturated carbocycles. The fourth-order valence-corrected chi connectivity index (χ4v) is 2.34. The molecule has 0 aromatic rings. The zero-order chi connectivity index (χ0) is 14.0. The zero-order valence-corrected chi connectivity index (χ0v) is 9.34. The SMILES string of the molecule is CC(C(=O)O)C(CC(=O)O)(C(=O)O)S(=O)(=O)O. The summed E-state index contributed by atoms with van der Waals surface area (Å²) in [5.41, 5.74) is 0. The maximum atomic E-state index is 11.0. The summed E-state index contributed by atoms with van der Waals surface area (Å²) < 4.78 is 27.6. The van der Waals surface area contributed by atoms with Crippen LogP contribution in [-0.4, -0.2) is 50.9 Å². The molecular formula is C7H10O9S. The third-order valence-corrected chi connectivity index (χ3v) is 3.90. The Balaban J connectivity index is 6.02. The molecule has 0 aliphatic rings. The minimum absolute atomic E-state index is 0.688. The van der Waals surface area contributed by atoms with Gasteiger partial charge >= 0.3 is 17.9 Å². The number of carboxylic acids is 3. The largest absolute Gasteiger partial charge is 0.481 e. The first-order valence-electron chi connectivity index (χ1n) is 4.12. The second kappa shape index (κ2) is 4.67. The lowest BCUT2D eigenvalue weighted by Gasteiger charge is -2.27. The van der Waals surface area contributed by atoms with Crippen LogP contribution in [-0.2, 0) is 24.5 Å². The molecule has 0 fully saturated rings. The van der Waals surface area contributed by atoms with Crippen LogP contribution in [0.25, 0.3) is 0 Å². The summed E-state index contributed by atoms with van der Waals surface area (Å²) in [6.45, 7) is 0.688. The highest BCUT2D eigenvalue weighted by Gasteiger charge is 2.59. The molecule has 9 nitrogen and oxygen atoms in total. The molecule has 0 amide bonds. The van der Waals surface area contributed by atoms with E-state index in [1.54, 1.807) is 0 Å². The molecule has 2 atom stereocenters. The van der Waals surface area contributed by atoms with Gasteiger partial charge in [0.2, 0.25) is 4.75 Å². The van der Waals surface area contributed by atoms with Gasteiger partial charge in [-0.15, -0.1) is 0 Å². The molecule has 10 heteroatoms. The Bertz CT molecular complexity index is 450. The van der Waals surface area contributed by atoms with Crippen LogP contribution in [0.5, 0.6) is 0 Å². The van der Waals surface area contributed by atoms with Gasteiger partial charge in [-0.25, -0.2) is 0 Å². The maximum absolute atomic E-state index is 11.0. The van der Waals surface area contributed by atoms with E-state index >= 15 is 0 Å². The highest BCUT2D eigenvalue weighted by Crippen LogP contribution is 2.31. The van der Waals surface area contributed by atoms with E-state index < -0.39 is 45.1 Å². The van der Waals surface area contributed by atoms with E-state index in [1.807, 2.05) is 0 Å². The summed E-state index contributed by atoms with van der Waals surface area (Å²) >= 11 is 0. The number of carbonyl (C=O) groups is 3. The smallest absolute Gasteiger partial charge is 0.329 e. The van der Waals surface area contributed by atoms with Gasteiger partial charge < -0.3 is 15.3 Å². The van der Waals surface area contributed by atoms with Gasteiger partial charge in [0, 0.05) is 0 Å². The molecule has 0 saturated heterocycles. The van der Waals surface area contributed by atoms with Crippen LogP contribution in [0.3, 0.4) is 0 Å². The Morgan fingerprint density at radius 3 is 1.76 bits per heavy atom. The molecule has 0 radical (unpaired) electrons.